The van der Waals surface area contributed by atoms with Crippen LogP contribution in [-0.4, -0.2) is 0 Å². The van der Waals surface area contributed by atoms with E-state index < -0.39 is 0 Å². The minimum atomic E-state index is -0.189. The highest BCUT2D eigenvalue weighted by atomic mass is 15.1. The first-order valence-corrected chi connectivity index (χ1v) is 21.6. The molecule has 60 heavy (non-hydrogen) atoms. The largest absolute Gasteiger partial charge is 0.310 e. The molecular formula is C59H47N. The van der Waals surface area contributed by atoms with E-state index in [1.165, 1.54) is 108 Å². The van der Waals surface area contributed by atoms with E-state index in [0.717, 1.165) is 23.5 Å². The second-order valence-electron chi connectivity index (χ2n) is 17.1. The van der Waals surface area contributed by atoms with Gasteiger partial charge in [0.1, 0.15) is 0 Å². The maximum absolute atomic E-state index is 2.50. The maximum Gasteiger partial charge on any atom is 0.0540 e. The molecule has 1 heteroatoms. The first-order valence-electron chi connectivity index (χ1n) is 21.6. The molecule has 0 aliphatic heterocycles. The molecule has 2 aliphatic carbocycles. The lowest BCUT2D eigenvalue weighted by atomic mass is 9.81. The molecule has 0 fully saturated rings. The SMILES string of the molecule is CC1(C)c2cc(N(c3ccc(-c4cccc5c4CCCC5)cc3)c3ccccc3-c3cc4ccccc4cc3-c3ccccc3)ccc2-c2c(-c3ccccc3)cccc21. The quantitative estimate of drug-likeness (QED) is 0.156. The van der Waals surface area contributed by atoms with Gasteiger partial charge in [0.15, 0.2) is 0 Å². The second-order valence-corrected chi connectivity index (χ2v) is 17.1. The van der Waals surface area contributed by atoms with E-state index in [1.807, 2.05) is 0 Å². The van der Waals surface area contributed by atoms with Crippen LogP contribution < -0.4 is 4.90 Å². The van der Waals surface area contributed by atoms with Gasteiger partial charge in [-0.2, -0.15) is 0 Å². The molecule has 9 aromatic carbocycles. The molecule has 0 amide bonds. The molecule has 0 atom stereocenters. The van der Waals surface area contributed by atoms with Crippen molar-refractivity contribution in [1.82, 2.24) is 0 Å². The van der Waals surface area contributed by atoms with Crippen molar-refractivity contribution < 1.29 is 0 Å². The fourth-order valence-electron chi connectivity index (χ4n) is 10.3. The lowest BCUT2D eigenvalue weighted by Crippen LogP contribution is -2.17. The van der Waals surface area contributed by atoms with Crippen LogP contribution in [0, 0.1) is 0 Å². The number of benzene rings is 9. The van der Waals surface area contributed by atoms with Crippen molar-refractivity contribution in [2.75, 3.05) is 4.90 Å². The summed E-state index contributed by atoms with van der Waals surface area (Å²) in [6.07, 6.45) is 4.87. The summed E-state index contributed by atoms with van der Waals surface area (Å²) in [5.41, 5.74) is 21.7. The Kier molecular flexibility index (Phi) is 8.85. The third-order valence-corrected chi connectivity index (χ3v) is 13.3. The van der Waals surface area contributed by atoms with E-state index in [2.05, 4.69) is 219 Å². The number of rotatable bonds is 7. The average molecular weight is 770 g/mol. The lowest BCUT2D eigenvalue weighted by Gasteiger charge is -2.30. The number of aryl methyl sites for hydroxylation is 1. The van der Waals surface area contributed by atoms with Crippen molar-refractivity contribution >= 4 is 27.8 Å². The molecule has 0 bridgehead atoms. The van der Waals surface area contributed by atoms with Crippen LogP contribution in [0.25, 0.3) is 66.4 Å². The zero-order valence-electron chi connectivity index (χ0n) is 34.3. The van der Waals surface area contributed by atoms with Gasteiger partial charge in [-0.05, 0) is 151 Å². The molecule has 0 saturated heterocycles. The third-order valence-electron chi connectivity index (χ3n) is 13.3. The monoisotopic (exact) mass is 769 g/mol. The van der Waals surface area contributed by atoms with E-state index in [4.69, 9.17) is 0 Å². The van der Waals surface area contributed by atoms with Crippen molar-refractivity contribution in [1.29, 1.82) is 0 Å². The highest BCUT2D eigenvalue weighted by Gasteiger charge is 2.37. The number of anilines is 3. The van der Waals surface area contributed by atoms with Crippen LogP contribution in [0.5, 0.6) is 0 Å². The first-order chi connectivity index (χ1) is 29.5. The number of fused-ring (bicyclic) bond motifs is 5. The molecule has 0 spiro atoms. The van der Waals surface area contributed by atoms with E-state index >= 15 is 0 Å². The molecule has 0 N–H and O–H groups in total. The predicted octanol–water partition coefficient (Wildman–Crippen LogP) is 16.2. The summed E-state index contributed by atoms with van der Waals surface area (Å²) < 4.78 is 0. The molecular weight excluding hydrogens is 723 g/mol. The Morgan fingerprint density at radius 1 is 0.383 bits per heavy atom. The maximum atomic E-state index is 2.50. The smallest absolute Gasteiger partial charge is 0.0540 e. The van der Waals surface area contributed by atoms with Gasteiger partial charge >= 0.3 is 0 Å². The molecule has 9 aromatic rings. The Morgan fingerprint density at radius 2 is 0.967 bits per heavy atom. The standard InChI is InChI=1S/C59H47N/c1-59(2)55-29-16-28-50(41-17-5-3-6-18-41)58(55)52-36-35-47(39-56(52)59)60(46-33-31-43(32-34-46)49-27-15-24-40-21-11-12-25-48(40)49)57-30-14-13-26-51(57)54-38-45-23-10-9-22-44(45)37-53(54)42-19-7-4-8-20-42/h3-10,13-20,22-24,26-39H,11-12,21,25H2,1-2H3. The molecule has 0 heterocycles. The van der Waals surface area contributed by atoms with Crippen molar-refractivity contribution in [3.8, 4) is 55.6 Å². The Balaban J connectivity index is 1.12. The third kappa shape index (κ3) is 6.08. The normalized spacial score (nSPS) is 13.7. The van der Waals surface area contributed by atoms with Gasteiger partial charge in [-0.15, -0.1) is 0 Å². The van der Waals surface area contributed by atoms with Crippen LogP contribution in [-0.2, 0) is 18.3 Å². The van der Waals surface area contributed by atoms with Crippen molar-refractivity contribution in [2.45, 2.75) is 44.9 Å². The average Bonchev–Trinajstić information content (AvgIpc) is 3.54. The molecule has 1 nitrogen and oxygen atoms in total. The van der Waals surface area contributed by atoms with Gasteiger partial charge in [0.2, 0.25) is 0 Å². The van der Waals surface area contributed by atoms with Crippen LogP contribution in [0.15, 0.2) is 200 Å². The highest BCUT2D eigenvalue weighted by Crippen LogP contribution is 2.54. The minimum Gasteiger partial charge on any atom is -0.310 e. The van der Waals surface area contributed by atoms with E-state index in [-0.39, 0.29) is 5.41 Å². The highest BCUT2D eigenvalue weighted by molar-refractivity contribution is 6.01. The van der Waals surface area contributed by atoms with Gasteiger partial charge in [0.05, 0.1) is 5.69 Å². The van der Waals surface area contributed by atoms with Crippen LogP contribution in [0.2, 0.25) is 0 Å². The van der Waals surface area contributed by atoms with Crippen molar-refractivity contribution in [2.24, 2.45) is 0 Å². The van der Waals surface area contributed by atoms with Gasteiger partial charge in [-0.25, -0.2) is 0 Å². The van der Waals surface area contributed by atoms with E-state index in [0.29, 0.717) is 0 Å². The number of hydrogen-bond acceptors (Lipinski definition) is 1. The minimum absolute atomic E-state index is 0.189. The van der Waals surface area contributed by atoms with Crippen LogP contribution in [0.3, 0.4) is 0 Å². The summed E-state index contributed by atoms with van der Waals surface area (Å²) in [5, 5.41) is 2.47. The zero-order valence-corrected chi connectivity index (χ0v) is 34.3. The first kappa shape index (κ1) is 36.1. The van der Waals surface area contributed by atoms with Crippen molar-refractivity contribution in [3.63, 3.8) is 0 Å². The van der Waals surface area contributed by atoms with Crippen LogP contribution in [0.1, 0.15) is 48.9 Å². The molecule has 0 unspecified atom stereocenters. The van der Waals surface area contributed by atoms with Crippen LogP contribution >= 0.6 is 0 Å². The van der Waals surface area contributed by atoms with Gasteiger partial charge in [-0.3, -0.25) is 0 Å². The fourth-order valence-corrected chi connectivity index (χ4v) is 10.3. The number of hydrogen-bond donors (Lipinski definition) is 0. The molecule has 288 valence electrons. The molecule has 2 aliphatic rings. The van der Waals surface area contributed by atoms with Gasteiger partial charge in [-0.1, -0.05) is 172 Å². The number of nitrogens with zero attached hydrogens (tertiary/aromatic N) is 1. The van der Waals surface area contributed by atoms with Gasteiger partial charge < -0.3 is 4.90 Å². The lowest BCUT2D eigenvalue weighted by molar-refractivity contribution is 0.660. The van der Waals surface area contributed by atoms with Gasteiger partial charge in [0.25, 0.3) is 0 Å². The Bertz CT molecular complexity index is 3050. The number of para-hydroxylation sites is 1. The van der Waals surface area contributed by atoms with Crippen molar-refractivity contribution in [3.05, 3.63) is 222 Å². The summed E-state index contributed by atoms with van der Waals surface area (Å²) in [6.45, 7) is 4.79. The summed E-state index contributed by atoms with van der Waals surface area (Å²) in [7, 11) is 0. The van der Waals surface area contributed by atoms with Crippen LogP contribution in [0.4, 0.5) is 17.1 Å². The summed E-state index contributed by atoms with van der Waals surface area (Å²) >= 11 is 0. The van der Waals surface area contributed by atoms with Gasteiger partial charge in [0, 0.05) is 22.4 Å². The zero-order chi connectivity index (χ0) is 40.2. The molecule has 0 saturated carbocycles. The summed E-state index contributed by atoms with van der Waals surface area (Å²) in [4.78, 5) is 2.50. The Hall–Kier alpha value is -6.96. The molecule has 0 radical (unpaired) electrons. The Labute approximate surface area is 354 Å². The predicted molar refractivity (Wildman–Crippen MR) is 255 cm³/mol. The van der Waals surface area contributed by atoms with E-state index in [9.17, 15) is 0 Å². The second kappa shape index (κ2) is 14.7. The topological polar surface area (TPSA) is 3.24 Å². The fraction of sp³-hybridized carbons (Fsp3) is 0.119. The molecule has 0 aromatic heterocycles. The van der Waals surface area contributed by atoms with E-state index in [1.54, 1.807) is 0 Å². The summed E-state index contributed by atoms with van der Waals surface area (Å²) in [6, 6.07) is 74.6. The molecule has 11 rings (SSSR count). The summed E-state index contributed by atoms with van der Waals surface area (Å²) in [5.74, 6) is 0. The Morgan fingerprint density at radius 3 is 1.73 bits per heavy atom.